The van der Waals surface area contributed by atoms with Gasteiger partial charge in [0.05, 0.1) is 6.20 Å². The molecule has 2 fully saturated rings. The molecule has 2 atom stereocenters. The molecule has 2 aliphatic heterocycles. The van der Waals surface area contributed by atoms with Crippen molar-refractivity contribution in [1.29, 1.82) is 0 Å². The second-order valence-corrected chi connectivity index (χ2v) is 7.74. The molecule has 2 bridgehead atoms. The Labute approximate surface area is 157 Å². The predicted octanol–water partition coefficient (Wildman–Crippen LogP) is 3.53. The molecule has 1 aromatic heterocycles. The second-order valence-electron chi connectivity index (χ2n) is 7.74. The maximum atomic E-state index is 4.36. The molecule has 25 heavy (non-hydrogen) atoms. The molecule has 2 aromatic rings. The fourth-order valence-electron chi connectivity index (χ4n) is 4.44. The lowest BCUT2D eigenvalue weighted by Crippen LogP contribution is -2.46. The fraction of sp³-hybridized carbons (Fsp3) is 0.550. The minimum atomic E-state index is 0. The standard InChI is InChI=1S/C20H28N4.ClH/c1-14-4-5-15(20(8-14)16-11-21-24(3)13-16)12-23(2)19-9-17-6-7-18(10-19)22-17;/h4-5,8,11,13,17-19,22H,6-7,9-10,12H2,1-3H3;1H. The predicted molar refractivity (Wildman–Crippen MR) is 105 cm³/mol. The van der Waals surface area contributed by atoms with Gasteiger partial charge in [0, 0.05) is 43.5 Å². The number of aromatic nitrogens is 2. The first-order valence-corrected chi connectivity index (χ1v) is 9.13. The van der Waals surface area contributed by atoms with Crippen LogP contribution in [0.5, 0.6) is 0 Å². The zero-order valence-electron chi connectivity index (χ0n) is 15.4. The van der Waals surface area contributed by atoms with Crippen molar-refractivity contribution in [3.63, 3.8) is 0 Å². The van der Waals surface area contributed by atoms with Gasteiger partial charge in [-0.05, 0) is 50.8 Å². The third-order valence-corrected chi connectivity index (χ3v) is 5.77. The Morgan fingerprint density at radius 1 is 1.24 bits per heavy atom. The molecule has 5 heteroatoms. The van der Waals surface area contributed by atoms with Gasteiger partial charge in [-0.1, -0.05) is 23.8 Å². The Kier molecular flexibility index (Phi) is 5.52. The summed E-state index contributed by atoms with van der Waals surface area (Å²) >= 11 is 0. The van der Waals surface area contributed by atoms with Crippen molar-refractivity contribution in [2.24, 2.45) is 7.05 Å². The summed E-state index contributed by atoms with van der Waals surface area (Å²) in [5.74, 6) is 0. The summed E-state index contributed by atoms with van der Waals surface area (Å²) in [5, 5.41) is 8.10. The maximum Gasteiger partial charge on any atom is 0.0568 e. The van der Waals surface area contributed by atoms with Crippen LogP contribution in [-0.2, 0) is 13.6 Å². The number of halogens is 1. The highest BCUT2D eigenvalue weighted by Gasteiger charge is 2.35. The number of aryl methyl sites for hydroxylation is 2. The third-order valence-electron chi connectivity index (χ3n) is 5.77. The summed E-state index contributed by atoms with van der Waals surface area (Å²) in [7, 11) is 4.28. The largest absolute Gasteiger partial charge is 0.311 e. The average Bonchev–Trinajstić information content (AvgIpc) is 3.14. The van der Waals surface area contributed by atoms with E-state index < -0.39 is 0 Å². The van der Waals surface area contributed by atoms with Crippen LogP contribution in [0.4, 0.5) is 0 Å². The Bertz CT molecular complexity index is 714. The van der Waals surface area contributed by atoms with Crippen molar-refractivity contribution in [3.8, 4) is 11.1 Å². The topological polar surface area (TPSA) is 33.1 Å². The molecule has 0 radical (unpaired) electrons. The van der Waals surface area contributed by atoms with Crippen molar-refractivity contribution in [1.82, 2.24) is 20.0 Å². The summed E-state index contributed by atoms with van der Waals surface area (Å²) in [4.78, 5) is 2.57. The minimum absolute atomic E-state index is 0. The SMILES string of the molecule is Cc1ccc(CN(C)C2CC3CCC(C2)N3)c(-c2cnn(C)c2)c1.Cl. The van der Waals surface area contributed by atoms with Crippen LogP contribution < -0.4 is 5.32 Å². The lowest BCUT2D eigenvalue weighted by Gasteiger charge is -2.36. The monoisotopic (exact) mass is 360 g/mol. The first-order valence-electron chi connectivity index (χ1n) is 9.13. The van der Waals surface area contributed by atoms with E-state index in [1.54, 1.807) is 0 Å². The van der Waals surface area contributed by atoms with Crippen LogP contribution >= 0.6 is 12.4 Å². The highest BCUT2D eigenvalue weighted by Crippen LogP contribution is 2.31. The van der Waals surface area contributed by atoms with Gasteiger partial charge in [0.15, 0.2) is 0 Å². The zero-order chi connectivity index (χ0) is 16.7. The number of hydrogen-bond acceptors (Lipinski definition) is 3. The number of piperidine rings is 1. The molecule has 0 amide bonds. The third kappa shape index (κ3) is 3.91. The van der Waals surface area contributed by atoms with E-state index >= 15 is 0 Å². The van der Waals surface area contributed by atoms with Crippen LogP contribution in [0, 0.1) is 6.92 Å². The van der Waals surface area contributed by atoms with Crippen LogP contribution in [0.2, 0.25) is 0 Å². The maximum absolute atomic E-state index is 4.36. The molecule has 136 valence electrons. The Morgan fingerprint density at radius 3 is 2.60 bits per heavy atom. The van der Waals surface area contributed by atoms with E-state index in [9.17, 15) is 0 Å². The van der Waals surface area contributed by atoms with E-state index in [0.717, 1.165) is 18.6 Å². The number of rotatable bonds is 4. The van der Waals surface area contributed by atoms with Crippen LogP contribution in [0.25, 0.3) is 11.1 Å². The number of nitrogens with one attached hydrogen (secondary N) is 1. The molecule has 3 heterocycles. The summed E-state index contributed by atoms with van der Waals surface area (Å²) < 4.78 is 1.88. The van der Waals surface area contributed by atoms with Gasteiger partial charge in [0.2, 0.25) is 0 Å². The average molecular weight is 361 g/mol. The van der Waals surface area contributed by atoms with E-state index in [2.05, 4.69) is 53.7 Å². The van der Waals surface area contributed by atoms with E-state index in [4.69, 9.17) is 0 Å². The Morgan fingerprint density at radius 2 is 1.96 bits per heavy atom. The molecule has 0 spiro atoms. The highest BCUT2D eigenvalue weighted by molar-refractivity contribution is 5.85. The van der Waals surface area contributed by atoms with Crippen molar-refractivity contribution in [2.45, 2.75) is 57.3 Å². The van der Waals surface area contributed by atoms with Crippen molar-refractivity contribution in [3.05, 3.63) is 41.7 Å². The first-order chi connectivity index (χ1) is 11.6. The molecule has 1 aromatic carbocycles. The van der Waals surface area contributed by atoms with E-state index in [1.165, 1.54) is 47.9 Å². The molecule has 1 N–H and O–H groups in total. The summed E-state index contributed by atoms with van der Waals surface area (Å²) in [6, 6.07) is 9.01. The van der Waals surface area contributed by atoms with Crippen LogP contribution in [-0.4, -0.2) is 39.9 Å². The number of hydrogen-bond donors (Lipinski definition) is 1. The van der Waals surface area contributed by atoms with E-state index in [1.807, 2.05) is 17.9 Å². The Hall–Kier alpha value is -1.36. The number of fused-ring (bicyclic) bond motifs is 2. The van der Waals surface area contributed by atoms with Crippen LogP contribution in [0.15, 0.2) is 30.6 Å². The smallest absolute Gasteiger partial charge is 0.0568 e. The molecule has 2 aliphatic rings. The van der Waals surface area contributed by atoms with E-state index in [-0.39, 0.29) is 12.4 Å². The first kappa shape index (κ1) is 18.4. The van der Waals surface area contributed by atoms with Gasteiger partial charge in [-0.15, -0.1) is 12.4 Å². The van der Waals surface area contributed by atoms with Gasteiger partial charge in [-0.25, -0.2) is 0 Å². The molecule has 2 saturated heterocycles. The molecule has 0 saturated carbocycles. The summed E-state index contributed by atoms with van der Waals surface area (Å²) in [5.41, 5.74) is 5.25. The van der Waals surface area contributed by atoms with Crippen LogP contribution in [0.1, 0.15) is 36.8 Å². The molecular weight excluding hydrogens is 332 g/mol. The fourth-order valence-corrected chi connectivity index (χ4v) is 4.44. The van der Waals surface area contributed by atoms with Gasteiger partial charge in [0.1, 0.15) is 0 Å². The minimum Gasteiger partial charge on any atom is -0.311 e. The van der Waals surface area contributed by atoms with Gasteiger partial charge in [0.25, 0.3) is 0 Å². The molecular formula is C20H29ClN4. The molecule has 0 aliphatic carbocycles. The lowest BCUT2D eigenvalue weighted by molar-refractivity contribution is 0.166. The van der Waals surface area contributed by atoms with Gasteiger partial charge in [-0.2, -0.15) is 5.10 Å². The molecule has 2 unspecified atom stereocenters. The lowest BCUT2D eigenvalue weighted by atomic mass is 9.96. The summed E-state index contributed by atoms with van der Waals surface area (Å²) in [6.07, 6.45) is 9.40. The highest BCUT2D eigenvalue weighted by atomic mass is 35.5. The molecule has 4 nitrogen and oxygen atoms in total. The van der Waals surface area contributed by atoms with Crippen molar-refractivity contribution >= 4 is 12.4 Å². The van der Waals surface area contributed by atoms with Crippen molar-refractivity contribution in [2.75, 3.05) is 7.05 Å². The zero-order valence-corrected chi connectivity index (χ0v) is 16.2. The number of nitrogens with zero attached hydrogens (tertiary/aromatic N) is 3. The van der Waals surface area contributed by atoms with Gasteiger partial charge >= 0.3 is 0 Å². The normalized spacial score (nSPS) is 25.2. The summed E-state index contributed by atoms with van der Waals surface area (Å²) in [6.45, 7) is 3.17. The molecule has 4 rings (SSSR count). The van der Waals surface area contributed by atoms with E-state index in [0.29, 0.717) is 6.04 Å². The number of benzene rings is 1. The Balaban J connectivity index is 0.00000182. The van der Waals surface area contributed by atoms with Crippen LogP contribution in [0.3, 0.4) is 0 Å². The van der Waals surface area contributed by atoms with Crippen molar-refractivity contribution < 1.29 is 0 Å². The van der Waals surface area contributed by atoms with Gasteiger partial charge in [-0.3, -0.25) is 9.58 Å². The van der Waals surface area contributed by atoms with Gasteiger partial charge < -0.3 is 5.32 Å². The quantitative estimate of drug-likeness (QED) is 0.905. The second kappa shape index (κ2) is 7.48.